The van der Waals surface area contributed by atoms with E-state index in [9.17, 15) is 4.39 Å². The first-order valence-corrected chi connectivity index (χ1v) is 4.79. The van der Waals surface area contributed by atoms with Crippen LogP contribution in [0.3, 0.4) is 0 Å². The van der Waals surface area contributed by atoms with Crippen LogP contribution in [0.4, 0.5) is 4.39 Å². The third kappa shape index (κ3) is 1.94. The van der Waals surface area contributed by atoms with Crippen molar-refractivity contribution in [3.8, 4) is 0 Å². The summed E-state index contributed by atoms with van der Waals surface area (Å²) in [4.78, 5) is 0. The van der Waals surface area contributed by atoms with E-state index in [0.29, 0.717) is 5.92 Å². The van der Waals surface area contributed by atoms with Crippen LogP contribution in [-0.4, -0.2) is 6.17 Å². The fraction of sp³-hybridized carbons (Fsp3) is 1.00. The maximum absolute atomic E-state index is 12.5. The van der Waals surface area contributed by atoms with Gasteiger partial charge in [0, 0.05) is 0 Å². The number of halogens is 1. The lowest BCUT2D eigenvalue weighted by atomic mass is 9.69. The second-order valence-electron chi connectivity index (χ2n) is 4.14. The van der Waals surface area contributed by atoms with Crippen molar-refractivity contribution in [1.82, 2.24) is 0 Å². The molecule has 1 rings (SSSR count). The van der Waals surface area contributed by atoms with Crippen LogP contribution >= 0.6 is 0 Å². The topological polar surface area (TPSA) is 0 Å². The predicted octanol–water partition coefficient (Wildman–Crippen LogP) is 3.42. The summed E-state index contributed by atoms with van der Waals surface area (Å²) in [5, 5.41) is 0. The van der Waals surface area contributed by atoms with E-state index in [-0.39, 0.29) is 0 Å². The van der Waals surface area contributed by atoms with Gasteiger partial charge in [-0.15, -0.1) is 0 Å². The number of alkyl halides is 1. The van der Waals surface area contributed by atoms with Crippen LogP contribution in [0, 0.1) is 17.8 Å². The minimum Gasteiger partial charge on any atom is -0.247 e. The smallest absolute Gasteiger partial charge is 0.101 e. The molecule has 0 amide bonds. The Bertz CT molecular complexity index is 114. The highest BCUT2D eigenvalue weighted by molar-refractivity contribution is 4.85. The zero-order chi connectivity index (χ0) is 8.43. The lowest BCUT2D eigenvalue weighted by molar-refractivity contribution is 0.0615. The van der Waals surface area contributed by atoms with Crippen LogP contribution in [0.1, 0.15) is 40.0 Å². The molecule has 0 nitrogen and oxygen atoms in total. The Balaban J connectivity index is 2.32. The second kappa shape index (κ2) is 3.55. The molecule has 0 N–H and O–H groups in total. The first-order chi connectivity index (χ1) is 5.15. The highest BCUT2D eigenvalue weighted by Gasteiger charge is 2.35. The van der Waals surface area contributed by atoms with Crippen molar-refractivity contribution in [1.29, 1.82) is 0 Å². The van der Waals surface area contributed by atoms with Gasteiger partial charge in [-0.1, -0.05) is 27.2 Å². The molecule has 0 saturated heterocycles. The Labute approximate surface area is 69.2 Å². The van der Waals surface area contributed by atoms with Gasteiger partial charge in [-0.3, -0.25) is 0 Å². The highest BCUT2D eigenvalue weighted by Crippen LogP contribution is 2.40. The van der Waals surface area contributed by atoms with Crippen LogP contribution in [0.5, 0.6) is 0 Å². The van der Waals surface area contributed by atoms with E-state index in [1.165, 1.54) is 6.42 Å². The number of rotatable bonds is 3. The molecule has 0 spiro atoms. The average molecular weight is 158 g/mol. The molecule has 1 unspecified atom stereocenters. The summed E-state index contributed by atoms with van der Waals surface area (Å²) in [5.74, 6) is 2.19. The molecule has 0 aliphatic heterocycles. The minimum absolute atomic E-state index is 0.479. The Morgan fingerprint density at radius 3 is 2.18 bits per heavy atom. The van der Waals surface area contributed by atoms with Gasteiger partial charge in [0.15, 0.2) is 0 Å². The standard InChI is InChI=1S/C10H19F/c1-4-10(7(2)3)8-5-9(11)6-8/h7-10H,4-6H2,1-3H3. The van der Waals surface area contributed by atoms with E-state index in [2.05, 4.69) is 20.8 Å². The fourth-order valence-corrected chi connectivity index (χ4v) is 2.29. The Kier molecular flexibility index (Phi) is 2.91. The van der Waals surface area contributed by atoms with Crippen LogP contribution in [0.25, 0.3) is 0 Å². The largest absolute Gasteiger partial charge is 0.247 e. The van der Waals surface area contributed by atoms with Crippen molar-refractivity contribution in [2.45, 2.75) is 46.2 Å². The summed E-state index contributed by atoms with van der Waals surface area (Å²) < 4.78 is 12.5. The molecule has 0 radical (unpaired) electrons. The van der Waals surface area contributed by atoms with Crippen LogP contribution in [0.15, 0.2) is 0 Å². The Morgan fingerprint density at radius 2 is 1.91 bits per heavy atom. The quantitative estimate of drug-likeness (QED) is 0.590. The van der Waals surface area contributed by atoms with Crippen LogP contribution in [0.2, 0.25) is 0 Å². The van der Waals surface area contributed by atoms with Crippen molar-refractivity contribution in [2.24, 2.45) is 17.8 Å². The summed E-state index contributed by atoms with van der Waals surface area (Å²) in [6.07, 6.45) is 2.40. The van der Waals surface area contributed by atoms with Gasteiger partial charge in [-0.2, -0.15) is 0 Å². The van der Waals surface area contributed by atoms with Gasteiger partial charge in [0.05, 0.1) is 0 Å². The summed E-state index contributed by atoms with van der Waals surface area (Å²) >= 11 is 0. The molecule has 0 aromatic rings. The molecule has 1 atom stereocenters. The minimum atomic E-state index is -0.479. The molecule has 0 aromatic heterocycles. The zero-order valence-corrected chi connectivity index (χ0v) is 7.81. The fourth-order valence-electron chi connectivity index (χ4n) is 2.29. The molecule has 0 bridgehead atoms. The second-order valence-corrected chi connectivity index (χ2v) is 4.14. The van der Waals surface area contributed by atoms with E-state index in [1.54, 1.807) is 0 Å². The van der Waals surface area contributed by atoms with E-state index in [0.717, 1.165) is 24.7 Å². The third-order valence-electron chi connectivity index (χ3n) is 3.05. The molecule has 0 heterocycles. The summed E-state index contributed by atoms with van der Waals surface area (Å²) in [7, 11) is 0. The SMILES string of the molecule is CCC(C(C)C)C1CC(F)C1. The highest BCUT2D eigenvalue weighted by atomic mass is 19.1. The summed E-state index contributed by atoms with van der Waals surface area (Å²) in [6.45, 7) is 6.72. The Hall–Kier alpha value is -0.0700. The van der Waals surface area contributed by atoms with Gasteiger partial charge in [0.2, 0.25) is 0 Å². The van der Waals surface area contributed by atoms with Gasteiger partial charge in [0.25, 0.3) is 0 Å². The Morgan fingerprint density at radius 1 is 1.36 bits per heavy atom. The van der Waals surface area contributed by atoms with E-state index >= 15 is 0 Å². The maximum atomic E-state index is 12.5. The third-order valence-corrected chi connectivity index (χ3v) is 3.05. The average Bonchev–Trinajstić information content (AvgIpc) is 1.85. The molecule has 1 saturated carbocycles. The van der Waals surface area contributed by atoms with E-state index in [1.807, 2.05) is 0 Å². The number of hydrogen-bond donors (Lipinski definition) is 0. The molecule has 1 aliphatic carbocycles. The first kappa shape index (κ1) is 9.02. The summed E-state index contributed by atoms with van der Waals surface area (Å²) in [6, 6.07) is 0. The van der Waals surface area contributed by atoms with Crippen LogP contribution < -0.4 is 0 Å². The first-order valence-electron chi connectivity index (χ1n) is 4.79. The zero-order valence-electron chi connectivity index (χ0n) is 7.81. The van der Waals surface area contributed by atoms with Gasteiger partial charge in [-0.05, 0) is 30.6 Å². The van der Waals surface area contributed by atoms with Gasteiger partial charge in [0.1, 0.15) is 6.17 Å². The van der Waals surface area contributed by atoms with E-state index in [4.69, 9.17) is 0 Å². The van der Waals surface area contributed by atoms with Gasteiger partial charge < -0.3 is 0 Å². The molecular weight excluding hydrogens is 139 g/mol. The van der Waals surface area contributed by atoms with Gasteiger partial charge >= 0.3 is 0 Å². The molecule has 1 aliphatic rings. The van der Waals surface area contributed by atoms with Crippen molar-refractivity contribution in [3.63, 3.8) is 0 Å². The lowest BCUT2D eigenvalue weighted by Crippen LogP contribution is -2.33. The molecule has 0 aromatic carbocycles. The molecular formula is C10H19F. The predicted molar refractivity (Wildman–Crippen MR) is 46.2 cm³/mol. The number of hydrogen-bond acceptors (Lipinski definition) is 0. The molecule has 1 fully saturated rings. The molecule has 66 valence electrons. The molecule has 11 heavy (non-hydrogen) atoms. The van der Waals surface area contributed by atoms with E-state index < -0.39 is 6.17 Å². The van der Waals surface area contributed by atoms with Crippen LogP contribution in [-0.2, 0) is 0 Å². The monoisotopic (exact) mass is 158 g/mol. The van der Waals surface area contributed by atoms with Gasteiger partial charge in [-0.25, -0.2) is 4.39 Å². The maximum Gasteiger partial charge on any atom is 0.101 e. The van der Waals surface area contributed by atoms with Crippen molar-refractivity contribution >= 4 is 0 Å². The summed E-state index contributed by atoms with van der Waals surface area (Å²) in [5.41, 5.74) is 0. The normalized spacial score (nSPS) is 33.5. The molecule has 1 heteroatoms. The van der Waals surface area contributed by atoms with Crippen molar-refractivity contribution in [3.05, 3.63) is 0 Å². The van der Waals surface area contributed by atoms with Crippen molar-refractivity contribution in [2.75, 3.05) is 0 Å². The lowest BCUT2D eigenvalue weighted by Gasteiger charge is -2.38. The van der Waals surface area contributed by atoms with Crippen molar-refractivity contribution < 1.29 is 4.39 Å².